The Labute approximate surface area is 85.1 Å². The van der Waals surface area contributed by atoms with Crippen molar-refractivity contribution in [2.45, 2.75) is 12.8 Å². The lowest BCUT2D eigenvalue weighted by Crippen LogP contribution is -2.36. The summed E-state index contributed by atoms with van der Waals surface area (Å²) in [5.74, 6) is 0. The summed E-state index contributed by atoms with van der Waals surface area (Å²) in [5, 5.41) is 3.42. The monoisotopic (exact) mass is 191 g/mol. The minimum atomic E-state index is 1.08. The third-order valence-electron chi connectivity index (χ3n) is 2.60. The van der Waals surface area contributed by atoms with Gasteiger partial charge in [0, 0.05) is 25.8 Å². The van der Waals surface area contributed by atoms with E-state index in [-0.39, 0.29) is 0 Å². The minimum absolute atomic E-state index is 1.08. The van der Waals surface area contributed by atoms with Crippen molar-refractivity contribution in [2.75, 3.05) is 31.1 Å². The zero-order chi connectivity index (χ0) is 9.64. The van der Waals surface area contributed by atoms with Crippen LogP contribution in [0, 0.1) is 0 Å². The van der Waals surface area contributed by atoms with Gasteiger partial charge < -0.3 is 10.2 Å². The molecule has 14 heavy (non-hydrogen) atoms. The Kier molecular flexibility index (Phi) is 3.35. The van der Waals surface area contributed by atoms with Gasteiger partial charge in [-0.15, -0.1) is 0 Å². The van der Waals surface area contributed by atoms with Gasteiger partial charge in [-0.05, 0) is 31.5 Å². The molecule has 1 aromatic rings. The van der Waals surface area contributed by atoms with Gasteiger partial charge in [-0.3, -0.25) is 4.98 Å². The Morgan fingerprint density at radius 2 is 2.21 bits per heavy atom. The molecule has 1 fully saturated rings. The highest BCUT2D eigenvalue weighted by atomic mass is 15.1. The number of anilines is 1. The highest BCUT2D eigenvalue weighted by molar-refractivity contribution is 5.43. The van der Waals surface area contributed by atoms with Crippen LogP contribution in [0.5, 0.6) is 0 Å². The lowest BCUT2D eigenvalue weighted by Gasteiger charge is -2.26. The Balaban J connectivity index is 2.01. The molecule has 0 amide bonds. The summed E-state index contributed by atoms with van der Waals surface area (Å²) in [6.07, 6.45) is 6.31. The van der Waals surface area contributed by atoms with Crippen LogP contribution in [0.4, 0.5) is 5.69 Å². The van der Waals surface area contributed by atoms with Gasteiger partial charge in [-0.1, -0.05) is 0 Å². The van der Waals surface area contributed by atoms with Crippen LogP contribution in [-0.2, 0) is 0 Å². The second-order valence-electron chi connectivity index (χ2n) is 3.66. The van der Waals surface area contributed by atoms with Gasteiger partial charge in [-0.25, -0.2) is 0 Å². The molecule has 2 rings (SSSR count). The van der Waals surface area contributed by atoms with Gasteiger partial charge in [0.1, 0.15) is 0 Å². The standard InChI is InChI=1S/C11H17N3/c1-2-8-14(9-7-12-5-1)11-4-3-6-13-10-11/h3-4,6,10,12H,1-2,5,7-9H2. The number of pyridine rings is 1. The van der Waals surface area contributed by atoms with Crippen molar-refractivity contribution in [2.24, 2.45) is 0 Å². The fraction of sp³-hybridized carbons (Fsp3) is 0.545. The van der Waals surface area contributed by atoms with Crippen molar-refractivity contribution in [3.8, 4) is 0 Å². The summed E-state index contributed by atoms with van der Waals surface area (Å²) in [6, 6.07) is 4.14. The molecule has 0 atom stereocenters. The van der Waals surface area contributed by atoms with E-state index in [1.54, 1.807) is 0 Å². The maximum absolute atomic E-state index is 4.15. The topological polar surface area (TPSA) is 28.2 Å². The molecule has 0 bridgehead atoms. The molecule has 1 aromatic heterocycles. The zero-order valence-electron chi connectivity index (χ0n) is 8.45. The van der Waals surface area contributed by atoms with Crippen molar-refractivity contribution in [1.82, 2.24) is 10.3 Å². The van der Waals surface area contributed by atoms with Crippen LogP contribution in [0.15, 0.2) is 24.5 Å². The summed E-state index contributed by atoms with van der Waals surface area (Å²) in [6.45, 7) is 4.49. The SMILES string of the molecule is c1cncc(N2CCCCNCC2)c1. The fourth-order valence-electron chi connectivity index (χ4n) is 1.80. The Morgan fingerprint density at radius 3 is 3.07 bits per heavy atom. The highest BCUT2D eigenvalue weighted by Crippen LogP contribution is 2.12. The first-order chi connectivity index (χ1) is 6.97. The quantitative estimate of drug-likeness (QED) is 0.724. The highest BCUT2D eigenvalue weighted by Gasteiger charge is 2.07. The first kappa shape index (κ1) is 9.46. The van der Waals surface area contributed by atoms with E-state index in [9.17, 15) is 0 Å². The van der Waals surface area contributed by atoms with E-state index in [0.29, 0.717) is 0 Å². The number of aromatic nitrogens is 1. The lowest BCUT2D eigenvalue weighted by atomic mass is 10.2. The normalized spacial score (nSPS) is 18.7. The molecule has 0 saturated carbocycles. The average molecular weight is 191 g/mol. The summed E-state index contributed by atoms with van der Waals surface area (Å²) in [4.78, 5) is 6.55. The Morgan fingerprint density at radius 1 is 1.21 bits per heavy atom. The second kappa shape index (κ2) is 4.96. The molecule has 0 spiro atoms. The molecular weight excluding hydrogens is 174 g/mol. The Hall–Kier alpha value is -1.09. The van der Waals surface area contributed by atoms with Gasteiger partial charge in [0.15, 0.2) is 0 Å². The first-order valence-corrected chi connectivity index (χ1v) is 5.32. The molecule has 3 heteroatoms. The minimum Gasteiger partial charge on any atom is -0.369 e. The van der Waals surface area contributed by atoms with E-state index in [1.165, 1.54) is 25.1 Å². The van der Waals surface area contributed by atoms with Gasteiger partial charge in [-0.2, -0.15) is 0 Å². The summed E-state index contributed by atoms with van der Waals surface area (Å²) >= 11 is 0. The number of hydrogen-bond acceptors (Lipinski definition) is 3. The van der Waals surface area contributed by atoms with Crippen molar-refractivity contribution < 1.29 is 0 Å². The van der Waals surface area contributed by atoms with Crippen molar-refractivity contribution in [1.29, 1.82) is 0 Å². The van der Waals surface area contributed by atoms with Crippen LogP contribution in [0.1, 0.15) is 12.8 Å². The molecule has 1 saturated heterocycles. The summed E-state index contributed by atoms with van der Waals surface area (Å²) < 4.78 is 0. The number of nitrogens with zero attached hydrogens (tertiary/aromatic N) is 2. The van der Waals surface area contributed by atoms with Gasteiger partial charge in [0.25, 0.3) is 0 Å². The molecule has 1 N–H and O–H groups in total. The van der Waals surface area contributed by atoms with E-state index in [2.05, 4.69) is 21.3 Å². The van der Waals surface area contributed by atoms with E-state index in [0.717, 1.165) is 19.6 Å². The van der Waals surface area contributed by atoms with E-state index in [1.807, 2.05) is 18.5 Å². The van der Waals surface area contributed by atoms with Gasteiger partial charge in [0.2, 0.25) is 0 Å². The summed E-state index contributed by atoms with van der Waals surface area (Å²) in [5.41, 5.74) is 1.25. The fourth-order valence-corrected chi connectivity index (χ4v) is 1.80. The van der Waals surface area contributed by atoms with Crippen LogP contribution in [0.25, 0.3) is 0 Å². The molecule has 1 aliphatic rings. The van der Waals surface area contributed by atoms with E-state index >= 15 is 0 Å². The van der Waals surface area contributed by atoms with Gasteiger partial charge >= 0.3 is 0 Å². The summed E-state index contributed by atoms with van der Waals surface area (Å²) in [7, 11) is 0. The maximum atomic E-state index is 4.15. The number of rotatable bonds is 1. The molecule has 0 aliphatic carbocycles. The van der Waals surface area contributed by atoms with Crippen LogP contribution >= 0.6 is 0 Å². The third kappa shape index (κ3) is 2.45. The molecular formula is C11H17N3. The Bertz CT molecular complexity index is 252. The van der Waals surface area contributed by atoms with Crippen LogP contribution in [-0.4, -0.2) is 31.2 Å². The predicted molar refractivity (Wildman–Crippen MR) is 58.6 cm³/mol. The van der Waals surface area contributed by atoms with E-state index < -0.39 is 0 Å². The second-order valence-corrected chi connectivity index (χ2v) is 3.66. The number of hydrogen-bond donors (Lipinski definition) is 1. The largest absolute Gasteiger partial charge is 0.369 e. The van der Waals surface area contributed by atoms with Crippen molar-refractivity contribution in [3.05, 3.63) is 24.5 Å². The molecule has 0 aromatic carbocycles. The maximum Gasteiger partial charge on any atom is 0.0553 e. The van der Waals surface area contributed by atoms with Crippen molar-refractivity contribution >= 4 is 5.69 Å². The molecule has 0 unspecified atom stereocenters. The number of nitrogens with one attached hydrogen (secondary N) is 1. The van der Waals surface area contributed by atoms with Crippen molar-refractivity contribution in [3.63, 3.8) is 0 Å². The lowest BCUT2D eigenvalue weighted by molar-refractivity contribution is 0.567. The van der Waals surface area contributed by atoms with Crippen LogP contribution in [0.2, 0.25) is 0 Å². The predicted octanol–water partition coefficient (Wildman–Crippen LogP) is 1.27. The zero-order valence-corrected chi connectivity index (χ0v) is 8.45. The average Bonchev–Trinajstić information content (AvgIpc) is 2.18. The smallest absolute Gasteiger partial charge is 0.0553 e. The molecule has 0 radical (unpaired) electrons. The first-order valence-electron chi connectivity index (χ1n) is 5.32. The van der Waals surface area contributed by atoms with E-state index in [4.69, 9.17) is 0 Å². The molecule has 76 valence electrons. The molecule has 3 nitrogen and oxygen atoms in total. The van der Waals surface area contributed by atoms with Crippen LogP contribution < -0.4 is 10.2 Å². The molecule has 2 heterocycles. The molecule has 1 aliphatic heterocycles. The van der Waals surface area contributed by atoms with Crippen LogP contribution in [0.3, 0.4) is 0 Å². The third-order valence-corrected chi connectivity index (χ3v) is 2.60. The van der Waals surface area contributed by atoms with Gasteiger partial charge in [0.05, 0.1) is 11.9 Å².